The molecule has 5 heteroatoms. The number of hydrogen-bond donors (Lipinski definition) is 0. The number of hydrogen-bond acceptors (Lipinski definition) is 5. The molecule has 0 saturated carbocycles. The van der Waals surface area contributed by atoms with Crippen molar-refractivity contribution in [1.82, 2.24) is 4.98 Å². The number of benzene rings is 3. The molecule has 3 aromatic carbocycles. The lowest BCUT2D eigenvalue weighted by atomic mass is 10.0. The van der Waals surface area contributed by atoms with Gasteiger partial charge in [-0.1, -0.05) is 103 Å². The van der Waals surface area contributed by atoms with Crippen molar-refractivity contribution < 1.29 is 14.3 Å². The lowest BCUT2D eigenvalue weighted by Crippen LogP contribution is -2.08. The number of rotatable bonds is 19. The monoisotopic (exact) mass is 571 g/mol. The van der Waals surface area contributed by atoms with Crippen molar-refractivity contribution >= 4 is 27.5 Å². The van der Waals surface area contributed by atoms with E-state index in [1.807, 2.05) is 54.6 Å². The number of ether oxygens (including phenoxy) is 2. The Hall–Kier alpha value is -3.18. The Balaban J connectivity index is 1.06. The average Bonchev–Trinajstić information content (AvgIpc) is 3.44. The molecule has 0 N–H and O–H groups in total. The van der Waals surface area contributed by atoms with Crippen LogP contribution in [0.5, 0.6) is 11.5 Å². The zero-order valence-electron chi connectivity index (χ0n) is 24.6. The highest BCUT2D eigenvalue weighted by Gasteiger charge is 2.11. The highest BCUT2D eigenvalue weighted by molar-refractivity contribution is 7.21. The second kappa shape index (κ2) is 17.6. The van der Waals surface area contributed by atoms with Gasteiger partial charge >= 0.3 is 5.97 Å². The predicted octanol–water partition coefficient (Wildman–Crippen LogP) is 11.0. The van der Waals surface area contributed by atoms with Crippen LogP contribution in [0.25, 0.3) is 20.8 Å². The van der Waals surface area contributed by atoms with Crippen molar-refractivity contribution in [1.29, 1.82) is 0 Å². The second-order valence-corrected chi connectivity index (χ2v) is 11.9. The van der Waals surface area contributed by atoms with E-state index >= 15 is 0 Å². The zero-order chi connectivity index (χ0) is 28.5. The van der Waals surface area contributed by atoms with Crippen molar-refractivity contribution in [2.75, 3.05) is 6.61 Å². The average molecular weight is 572 g/mol. The van der Waals surface area contributed by atoms with Gasteiger partial charge in [0.05, 0.1) is 22.4 Å². The van der Waals surface area contributed by atoms with Crippen molar-refractivity contribution in [3.8, 4) is 22.1 Å². The number of unbranched alkanes of at least 4 members (excludes halogenated alkanes) is 13. The molecule has 0 bridgehead atoms. The first-order chi connectivity index (χ1) is 20.2. The van der Waals surface area contributed by atoms with E-state index in [9.17, 15) is 4.79 Å². The van der Waals surface area contributed by atoms with Crippen LogP contribution in [0.1, 0.15) is 107 Å². The lowest BCUT2D eigenvalue weighted by molar-refractivity contribution is 0.0734. The third-order valence-electron chi connectivity index (χ3n) is 7.46. The molecular weight excluding hydrogens is 526 g/mol. The number of aromatic nitrogens is 1. The van der Waals surface area contributed by atoms with Crippen LogP contribution in [0, 0.1) is 0 Å². The van der Waals surface area contributed by atoms with Gasteiger partial charge in [0.1, 0.15) is 16.5 Å². The molecule has 4 nitrogen and oxygen atoms in total. The van der Waals surface area contributed by atoms with Gasteiger partial charge in [0.15, 0.2) is 0 Å². The van der Waals surface area contributed by atoms with Crippen LogP contribution in [-0.4, -0.2) is 17.6 Å². The maximum atomic E-state index is 12.6. The van der Waals surface area contributed by atoms with E-state index in [0.29, 0.717) is 17.9 Å². The Morgan fingerprint density at radius 2 is 1.22 bits per heavy atom. The minimum absolute atomic E-state index is 0.378. The quantitative estimate of drug-likeness (QED) is 0.0638. The molecule has 4 aromatic rings. The van der Waals surface area contributed by atoms with Crippen LogP contribution >= 0.6 is 11.3 Å². The van der Waals surface area contributed by atoms with Crippen LogP contribution in [0.15, 0.2) is 72.8 Å². The largest absolute Gasteiger partial charge is 0.494 e. The molecule has 0 spiro atoms. The fourth-order valence-corrected chi connectivity index (χ4v) is 5.97. The van der Waals surface area contributed by atoms with Crippen molar-refractivity contribution in [3.05, 3.63) is 78.4 Å². The highest BCUT2D eigenvalue weighted by Crippen LogP contribution is 2.31. The molecule has 0 aliphatic carbocycles. The van der Waals surface area contributed by atoms with Crippen molar-refractivity contribution in [3.63, 3.8) is 0 Å². The number of thiazole rings is 1. The number of nitrogens with zero attached hydrogens (tertiary/aromatic N) is 1. The van der Waals surface area contributed by atoms with Gasteiger partial charge in [-0.3, -0.25) is 0 Å². The maximum Gasteiger partial charge on any atom is 0.343 e. The van der Waals surface area contributed by atoms with Crippen LogP contribution in [0.4, 0.5) is 0 Å². The topological polar surface area (TPSA) is 48.4 Å². The van der Waals surface area contributed by atoms with Gasteiger partial charge < -0.3 is 9.47 Å². The number of carbonyl (C=O) groups excluding carboxylic acids is 1. The lowest BCUT2D eigenvalue weighted by Gasteiger charge is -2.08. The number of fused-ring (bicyclic) bond motifs is 1. The molecule has 0 saturated heterocycles. The molecule has 1 aromatic heterocycles. The number of para-hydroxylation sites is 1. The van der Waals surface area contributed by atoms with E-state index in [2.05, 4.69) is 13.0 Å². The SMILES string of the molecule is CCCCCCCCCCCCCCCCOc1ccc(C(=O)Oc2ccc(-c3nc4ccccc4s3)cc2)cc1. The third kappa shape index (κ3) is 10.6. The Labute approximate surface area is 250 Å². The number of esters is 1. The van der Waals surface area contributed by atoms with E-state index in [1.54, 1.807) is 23.5 Å². The summed E-state index contributed by atoms with van der Waals surface area (Å²) in [6, 6.07) is 22.8. The summed E-state index contributed by atoms with van der Waals surface area (Å²) in [4.78, 5) is 17.3. The molecule has 0 unspecified atom stereocenters. The van der Waals surface area contributed by atoms with Gasteiger partial charge in [-0.2, -0.15) is 0 Å². The first kappa shape index (κ1) is 30.8. The molecule has 4 rings (SSSR count). The molecule has 0 amide bonds. The molecule has 0 atom stereocenters. The van der Waals surface area contributed by atoms with Gasteiger partial charge in [0.2, 0.25) is 0 Å². The molecule has 0 aliphatic heterocycles. The van der Waals surface area contributed by atoms with Gasteiger partial charge in [-0.25, -0.2) is 9.78 Å². The van der Waals surface area contributed by atoms with Crippen LogP contribution in [0.3, 0.4) is 0 Å². The van der Waals surface area contributed by atoms with Gasteiger partial charge in [0.25, 0.3) is 0 Å². The summed E-state index contributed by atoms with van der Waals surface area (Å²) in [6.07, 6.45) is 18.9. The molecular formula is C36H45NO3S. The van der Waals surface area contributed by atoms with E-state index in [1.165, 1.54) is 83.5 Å². The highest BCUT2D eigenvalue weighted by atomic mass is 32.1. The minimum Gasteiger partial charge on any atom is -0.494 e. The third-order valence-corrected chi connectivity index (χ3v) is 8.55. The Bertz CT molecular complexity index is 1260. The van der Waals surface area contributed by atoms with Crippen LogP contribution < -0.4 is 9.47 Å². The summed E-state index contributed by atoms with van der Waals surface area (Å²) in [6.45, 7) is 2.99. The van der Waals surface area contributed by atoms with Gasteiger partial charge in [-0.05, 0) is 67.1 Å². The maximum absolute atomic E-state index is 12.6. The smallest absolute Gasteiger partial charge is 0.343 e. The van der Waals surface area contributed by atoms with E-state index in [4.69, 9.17) is 14.5 Å². The number of carbonyl (C=O) groups is 1. The summed E-state index contributed by atoms with van der Waals surface area (Å²) >= 11 is 1.65. The first-order valence-corrected chi connectivity index (χ1v) is 16.5. The van der Waals surface area contributed by atoms with E-state index < -0.39 is 0 Å². The standard InChI is InChI=1S/C36H45NO3S/c1-2-3-4-5-6-7-8-9-10-11-12-13-14-17-28-39-31-24-22-30(23-25-31)36(38)40-32-26-20-29(21-27-32)35-37-33-18-15-16-19-34(33)41-35/h15-16,18-27H,2-14,17,28H2,1H3. The fourth-order valence-electron chi connectivity index (χ4n) is 5.00. The normalized spacial score (nSPS) is 11.1. The zero-order valence-corrected chi connectivity index (χ0v) is 25.4. The summed E-state index contributed by atoms with van der Waals surface area (Å²) in [5, 5.41) is 0.953. The van der Waals surface area contributed by atoms with E-state index in [0.717, 1.165) is 33.0 Å². The van der Waals surface area contributed by atoms with Crippen LogP contribution in [0.2, 0.25) is 0 Å². The summed E-state index contributed by atoms with van der Waals surface area (Å²) in [7, 11) is 0. The summed E-state index contributed by atoms with van der Waals surface area (Å²) in [5.41, 5.74) is 2.51. The summed E-state index contributed by atoms with van der Waals surface area (Å²) < 4.78 is 12.6. The van der Waals surface area contributed by atoms with E-state index in [-0.39, 0.29) is 5.97 Å². The predicted molar refractivity (Wildman–Crippen MR) is 172 cm³/mol. The molecule has 1 heterocycles. The second-order valence-electron chi connectivity index (χ2n) is 10.9. The van der Waals surface area contributed by atoms with Crippen molar-refractivity contribution in [2.24, 2.45) is 0 Å². The fraction of sp³-hybridized carbons (Fsp3) is 0.444. The van der Waals surface area contributed by atoms with Gasteiger partial charge in [-0.15, -0.1) is 11.3 Å². The minimum atomic E-state index is -0.378. The summed E-state index contributed by atoms with van der Waals surface area (Å²) in [5.74, 6) is 0.922. The molecule has 0 radical (unpaired) electrons. The Kier molecular flexibility index (Phi) is 13.2. The Morgan fingerprint density at radius 3 is 1.83 bits per heavy atom. The Morgan fingerprint density at radius 1 is 0.659 bits per heavy atom. The van der Waals surface area contributed by atoms with Gasteiger partial charge in [0, 0.05) is 5.56 Å². The first-order valence-electron chi connectivity index (χ1n) is 15.6. The molecule has 218 valence electrons. The molecule has 0 aliphatic rings. The van der Waals surface area contributed by atoms with Crippen LogP contribution in [-0.2, 0) is 0 Å². The molecule has 0 fully saturated rings. The van der Waals surface area contributed by atoms with Crippen molar-refractivity contribution in [2.45, 2.75) is 96.8 Å². The molecule has 41 heavy (non-hydrogen) atoms.